The molecule has 4 nitrogen and oxygen atoms in total. The highest BCUT2D eigenvalue weighted by atomic mass is 16.6. The SMILES string of the molecule is CC(C)Cc1ccc([C@H](C)C(=O)O[C@@H](C(=O)O)c2ccccc2)cc1. The van der Waals surface area contributed by atoms with E-state index in [-0.39, 0.29) is 0 Å². The van der Waals surface area contributed by atoms with Crippen molar-refractivity contribution < 1.29 is 19.4 Å². The number of rotatable bonds is 7. The van der Waals surface area contributed by atoms with Gasteiger partial charge in [-0.3, -0.25) is 4.79 Å². The molecule has 0 aliphatic rings. The Labute approximate surface area is 148 Å². The number of carboxylic acids is 1. The van der Waals surface area contributed by atoms with Crippen molar-refractivity contribution in [3.8, 4) is 0 Å². The van der Waals surface area contributed by atoms with Crippen molar-refractivity contribution in [2.24, 2.45) is 5.92 Å². The van der Waals surface area contributed by atoms with Crippen molar-refractivity contribution in [1.82, 2.24) is 0 Å². The number of carbonyl (C=O) groups is 2. The number of esters is 1. The molecule has 0 unspecified atom stereocenters. The zero-order chi connectivity index (χ0) is 18.4. The van der Waals surface area contributed by atoms with Crippen LogP contribution in [0.5, 0.6) is 0 Å². The van der Waals surface area contributed by atoms with Crippen molar-refractivity contribution in [2.75, 3.05) is 0 Å². The molecule has 0 saturated carbocycles. The molecule has 0 amide bonds. The van der Waals surface area contributed by atoms with Gasteiger partial charge in [0, 0.05) is 5.56 Å². The molecule has 2 aromatic rings. The van der Waals surface area contributed by atoms with Gasteiger partial charge in [0.1, 0.15) is 0 Å². The molecule has 0 heterocycles. The Morgan fingerprint density at radius 3 is 2.04 bits per heavy atom. The fraction of sp³-hybridized carbons (Fsp3) is 0.333. The van der Waals surface area contributed by atoms with Crippen molar-refractivity contribution in [1.29, 1.82) is 0 Å². The van der Waals surface area contributed by atoms with E-state index in [1.165, 1.54) is 5.56 Å². The summed E-state index contributed by atoms with van der Waals surface area (Å²) in [6.45, 7) is 6.04. The van der Waals surface area contributed by atoms with Gasteiger partial charge in [-0.2, -0.15) is 0 Å². The van der Waals surface area contributed by atoms with Crippen molar-refractivity contribution >= 4 is 11.9 Å². The minimum absolute atomic E-state index is 0.447. The molecule has 0 aliphatic heterocycles. The summed E-state index contributed by atoms with van der Waals surface area (Å²) in [4.78, 5) is 23.9. The maximum absolute atomic E-state index is 12.4. The van der Waals surface area contributed by atoms with Crippen LogP contribution in [0.4, 0.5) is 0 Å². The van der Waals surface area contributed by atoms with Crippen molar-refractivity contribution in [3.63, 3.8) is 0 Å². The van der Waals surface area contributed by atoms with Crippen LogP contribution < -0.4 is 0 Å². The Morgan fingerprint density at radius 2 is 1.52 bits per heavy atom. The van der Waals surface area contributed by atoms with Gasteiger partial charge in [0.2, 0.25) is 6.10 Å². The van der Waals surface area contributed by atoms with Gasteiger partial charge in [0.15, 0.2) is 0 Å². The summed E-state index contributed by atoms with van der Waals surface area (Å²) in [6.07, 6.45) is -0.315. The summed E-state index contributed by atoms with van der Waals surface area (Å²) < 4.78 is 5.27. The van der Waals surface area contributed by atoms with Gasteiger partial charge in [-0.25, -0.2) is 4.79 Å². The van der Waals surface area contributed by atoms with Gasteiger partial charge >= 0.3 is 11.9 Å². The third kappa shape index (κ3) is 5.18. The average molecular weight is 340 g/mol. The van der Waals surface area contributed by atoms with E-state index in [9.17, 15) is 14.7 Å². The third-order valence-corrected chi connectivity index (χ3v) is 4.04. The highest BCUT2D eigenvalue weighted by Gasteiger charge is 2.27. The lowest BCUT2D eigenvalue weighted by Gasteiger charge is -2.18. The van der Waals surface area contributed by atoms with Crippen LogP contribution in [-0.2, 0) is 20.7 Å². The summed E-state index contributed by atoms with van der Waals surface area (Å²) in [5.41, 5.74) is 2.48. The van der Waals surface area contributed by atoms with Gasteiger partial charge in [-0.15, -0.1) is 0 Å². The lowest BCUT2D eigenvalue weighted by molar-refractivity contribution is -0.165. The maximum atomic E-state index is 12.4. The molecule has 0 aliphatic carbocycles. The smallest absolute Gasteiger partial charge is 0.349 e. The fourth-order valence-corrected chi connectivity index (χ4v) is 2.66. The fourth-order valence-electron chi connectivity index (χ4n) is 2.66. The number of carboxylic acid groups (broad SMARTS) is 1. The van der Waals surface area contributed by atoms with E-state index < -0.39 is 24.0 Å². The lowest BCUT2D eigenvalue weighted by atomic mass is 9.97. The second kappa shape index (κ2) is 8.47. The zero-order valence-corrected chi connectivity index (χ0v) is 14.8. The Bertz CT molecular complexity index is 704. The molecule has 0 fully saturated rings. The van der Waals surface area contributed by atoms with Gasteiger partial charge in [-0.1, -0.05) is 68.4 Å². The van der Waals surface area contributed by atoms with Gasteiger partial charge < -0.3 is 9.84 Å². The topological polar surface area (TPSA) is 63.6 Å². The van der Waals surface area contributed by atoms with Crippen LogP contribution in [0.15, 0.2) is 54.6 Å². The van der Waals surface area contributed by atoms with E-state index in [1.54, 1.807) is 37.3 Å². The van der Waals surface area contributed by atoms with Gasteiger partial charge in [0.25, 0.3) is 0 Å². The third-order valence-electron chi connectivity index (χ3n) is 4.04. The summed E-state index contributed by atoms with van der Waals surface area (Å²) in [7, 11) is 0. The summed E-state index contributed by atoms with van der Waals surface area (Å²) >= 11 is 0. The predicted molar refractivity (Wildman–Crippen MR) is 96.3 cm³/mol. The molecule has 0 saturated heterocycles. The molecule has 0 spiro atoms. The second-order valence-electron chi connectivity index (χ2n) is 6.63. The molecule has 2 atom stereocenters. The first-order chi connectivity index (χ1) is 11.9. The second-order valence-corrected chi connectivity index (χ2v) is 6.63. The van der Waals surface area contributed by atoms with Gasteiger partial charge in [0.05, 0.1) is 5.92 Å². The Hall–Kier alpha value is -2.62. The predicted octanol–water partition coefficient (Wildman–Crippen LogP) is 4.36. The first-order valence-electron chi connectivity index (χ1n) is 8.45. The molecule has 2 rings (SSSR count). The first kappa shape index (κ1) is 18.7. The quantitative estimate of drug-likeness (QED) is 0.761. The summed E-state index contributed by atoms with van der Waals surface area (Å²) in [5.74, 6) is -1.69. The Kier molecular flexibility index (Phi) is 6.34. The standard InChI is InChI=1S/C21H24O4/c1-14(2)13-16-9-11-17(12-10-16)15(3)21(24)25-19(20(22)23)18-7-5-4-6-8-18/h4-12,14-15,19H,13H2,1-3H3,(H,22,23)/t15-,19+/m0/s1. The number of ether oxygens (including phenoxy) is 1. The molecule has 0 aromatic heterocycles. The maximum Gasteiger partial charge on any atom is 0.349 e. The molecule has 25 heavy (non-hydrogen) atoms. The largest absolute Gasteiger partial charge is 0.478 e. The van der Waals surface area contributed by atoms with Crippen molar-refractivity contribution in [2.45, 2.75) is 39.2 Å². The normalized spacial score (nSPS) is 13.3. The monoisotopic (exact) mass is 340 g/mol. The van der Waals surface area contributed by atoms with Crippen LogP contribution in [0.2, 0.25) is 0 Å². The van der Waals surface area contributed by atoms with E-state index >= 15 is 0 Å². The van der Waals surface area contributed by atoms with Crippen LogP contribution in [0.25, 0.3) is 0 Å². The average Bonchev–Trinajstić information content (AvgIpc) is 2.59. The number of benzene rings is 2. The first-order valence-corrected chi connectivity index (χ1v) is 8.45. The van der Waals surface area contributed by atoms with E-state index in [0.29, 0.717) is 11.5 Å². The summed E-state index contributed by atoms with van der Waals surface area (Å²) in [6, 6.07) is 16.3. The number of carbonyl (C=O) groups excluding carboxylic acids is 1. The zero-order valence-electron chi connectivity index (χ0n) is 14.8. The van der Waals surface area contributed by atoms with Crippen LogP contribution in [-0.4, -0.2) is 17.0 Å². The minimum atomic E-state index is -1.30. The number of aliphatic carboxylic acids is 1. The number of hydrogen-bond acceptors (Lipinski definition) is 3. The van der Waals surface area contributed by atoms with E-state index in [2.05, 4.69) is 13.8 Å². The molecular weight excluding hydrogens is 316 g/mol. The molecule has 4 heteroatoms. The van der Waals surface area contributed by atoms with E-state index in [1.807, 2.05) is 24.3 Å². The molecule has 132 valence electrons. The highest BCUT2D eigenvalue weighted by Crippen LogP contribution is 2.24. The van der Waals surface area contributed by atoms with Gasteiger partial charge in [-0.05, 0) is 30.4 Å². The van der Waals surface area contributed by atoms with E-state index in [4.69, 9.17) is 4.74 Å². The molecule has 2 aromatic carbocycles. The Balaban J connectivity index is 2.09. The van der Waals surface area contributed by atoms with Crippen LogP contribution in [0.1, 0.15) is 49.5 Å². The minimum Gasteiger partial charge on any atom is -0.478 e. The van der Waals surface area contributed by atoms with Crippen LogP contribution in [0, 0.1) is 5.92 Å². The molecule has 0 radical (unpaired) electrons. The van der Waals surface area contributed by atoms with E-state index in [0.717, 1.165) is 12.0 Å². The summed E-state index contributed by atoms with van der Waals surface area (Å²) in [5, 5.41) is 9.37. The van der Waals surface area contributed by atoms with Crippen molar-refractivity contribution in [3.05, 3.63) is 71.3 Å². The highest BCUT2D eigenvalue weighted by molar-refractivity contribution is 5.82. The Morgan fingerprint density at radius 1 is 0.920 bits per heavy atom. The lowest BCUT2D eigenvalue weighted by Crippen LogP contribution is -2.22. The molecule has 1 N–H and O–H groups in total. The van der Waals surface area contributed by atoms with Crippen LogP contribution in [0.3, 0.4) is 0 Å². The number of hydrogen-bond donors (Lipinski definition) is 1. The molecule has 0 bridgehead atoms. The molecular formula is C21H24O4. The van der Waals surface area contributed by atoms with Crippen LogP contribution >= 0.6 is 0 Å².